The van der Waals surface area contributed by atoms with E-state index in [-0.39, 0.29) is 11.1 Å². The standard InChI is InChI=1S/C19H11FN2.C7H3BrFN/c20-19-13(12-21)6-5-11-18(19)22-16-9-3-1-7-14(16)15-8-2-4-10-17(15)22;8-6-3-1-2-5(4-10)7(6)9/h1-11H;1-3H. The largest absolute Gasteiger partial charge is 0.306 e. The molecule has 154 valence electrons. The van der Waals surface area contributed by atoms with Crippen molar-refractivity contribution in [1.82, 2.24) is 4.57 Å². The van der Waals surface area contributed by atoms with Crippen LogP contribution in [0.1, 0.15) is 11.1 Å². The Balaban J connectivity index is 0.000000207. The van der Waals surface area contributed by atoms with E-state index >= 15 is 0 Å². The van der Waals surface area contributed by atoms with Crippen molar-refractivity contribution in [3.8, 4) is 17.8 Å². The molecular formula is C26H14BrF2N3. The molecule has 5 rings (SSSR count). The lowest BCUT2D eigenvalue weighted by molar-refractivity contribution is 0.617. The van der Waals surface area contributed by atoms with E-state index in [0.29, 0.717) is 10.2 Å². The molecule has 0 aliphatic carbocycles. The van der Waals surface area contributed by atoms with Crippen molar-refractivity contribution in [1.29, 1.82) is 10.5 Å². The van der Waals surface area contributed by atoms with Gasteiger partial charge in [0, 0.05) is 10.8 Å². The van der Waals surface area contributed by atoms with Crippen molar-refractivity contribution in [3.63, 3.8) is 0 Å². The number of hydrogen-bond donors (Lipinski definition) is 0. The first-order valence-electron chi connectivity index (χ1n) is 9.58. The molecule has 5 aromatic rings. The molecule has 6 heteroatoms. The van der Waals surface area contributed by atoms with Gasteiger partial charge in [-0.05, 0) is 52.3 Å². The summed E-state index contributed by atoms with van der Waals surface area (Å²) in [6.45, 7) is 0. The van der Waals surface area contributed by atoms with Crippen LogP contribution in [-0.2, 0) is 0 Å². The second-order valence-corrected chi connectivity index (χ2v) is 7.69. The Labute approximate surface area is 191 Å². The van der Waals surface area contributed by atoms with Crippen LogP contribution in [0, 0.1) is 34.3 Å². The van der Waals surface area contributed by atoms with E-state index in [0.717, 1.165) is 21.8 Å². The van der Waals surface area contributed by atoms with Crippen LogP contribution in [0.4, 0.5) is 8.78 Å². The molecule has 0 bridgehead atoms. The van der Waals surface area contributed by atoms with Crippen LogP contribution in [0.5, 0.6) is 0 Å². The van der Waals surface area contributed by atoms with Crippen LogP contribution in [0.25, 0.3) is 27.5 Å². The molecule has 0 amide bonds. The fraction of sp³-hybridized carbons (Fsp3) is 0. The highest BCUT2D eigenvalue weighted by atomic mass is 79.9. The van der Waals surface area contributed by atoms with Gasteiger partial charge in [0.15, 0.2) is 11.6 Å². The summed E-state index contributed by atoms with van der Waals surface area (Å²) in [4.78, 5) is 0. The summed E-state index contributed by atoms with van der Waals surface area (Å²) in [7, 11) is 0. The number of benzene rings is 4. The minimum atomic E-state index is -0.495. The van der Waals surface area contributed by atoms with Gasteiger partial charge in [-0.25, -0.2) is 8.78 Å². The predicted octanol–water partition coefficient (Wildman–Crippen LogP) is 7.25. The third-order valence-electron chi connectivity index (χ3n) is 4.99. The maximum absolute atomic E-state index is 14.6. The molecule has 32 heavy (non-hydrogen) atoms. The highest BCUT2D eigenvalue weighted by molar-refractivity contribution is 9.10. The Hall–Kier alpha value is -4.00. The van der Waals surface area contributed by atoms with Gasteiger partial charge in [-0.1, -0.05) is 48.5 Å². The molecule has 1 heterocycles. The molecule has 0 unspecified atom stereocenters. The molecule has 3 nitrogen and oxygen atoms in total. The van der Waals surface area contributed by atoms with Gasteiger partial charge in [0.05, 0.1) is 32.3 Å². The minimum Gasteiger partial charge on any atom is -0.306 e. The summed E-state index contributed by atoms with van der Waals surface area (Å²) < 4.78 is 29.6. The topological polar surface area (TPSA) is 52.5 Å². The van der Waals surface area contributed by atoms with E-state index in [9.17, 15) is 8.78 Å². The molecule has 0 aliphatic heterocycles. The second-order valence-electron chi connectivity index (χ2n) is 6.83. The zero-order chi connectivity index (χ0) is 22.7. The fourth-order valence-corrected chi connectivity index (χ4v) is 3.92. The predicted molar refractivity (Wildman–Crippen MR) is 124 cm³/mol. The van der Waals surface area contributed by atoms with E-state index in [1.165, 1.54) is 12.1 Å². The van der Waals surface area contributed by atoms with Crippen molar-refractivity contribution in [2.45, 2.75) is 0 Å². The van der Waals surface area contributed by atoms with E-state index in [2.05, 4.69) is 15.9 Å². The molecule has 0 spiro atoms. The zero-order valence-corrected chi connectivity index (χ0v) is 18.1. The first kappa shape index (κ1) is 21.2. The first-order chi connectivity index (χ1) is 15.6. The van der Waals surface area contributed by atoms with Gasteiger partial charge in [0.1, 0.15) is 12.1 Å². The molecule has 4 aromatic carbocycles. The SMILES string of the molecule is N#Cc1cccc(-n2c3ccccc3c3ccccc32)c1F.N#Cc1cccc(Br)c1F. The first-order valence-corrected chi connectivity index (χ1v) is 10.4. The average molecular weight is 486 g/mol. The number of fused-ring (bicyclic) bond motifs is 3. The van der Waals surface area contributed by atoms with Crippen molar-refractivity contribution in [2.24, 2.45) is 0 Å². The highest BCUT2D eigenvalue weighted by Crippen LogP contribution is 2.32. The molecule has 0 fully saturated rings. The lowest BCUT2D eigenvalue weighted by atomic mass is 10.2. The van der Waals surface area contributed by atoms with Crippen molar-refractivity contribution < 1.29 is 8.78 Å². The van der Waals surface area contributed by atoms with Crippen LogP contribution in [0.3, 0.4) is 0 Å². The summed E-state index contributed by atoms with van der Waals surface area (Å²) in [5.41, 5.74) is 2.38. The van der Waals surface area contributed by atoms with E-state index in [4.69, 9.17) is 10.5 Å². The van der Waals surface area contributed by atoms with E-state index in [1.54, 1.807) is 30.3 Å². The molecular weight excluding hydrogens is 472 g/mol. The minimum absolute atomic E-state index is 0.0550. The van der Waals surface area contributed by atoms with Gasteiger partial charge in [-0.3, -0.25) is 0 Å². The molecule has 0 atom stereocenters. The normalized spacial score (nSPS) is 10.3. The van der Waals surface area contributed by atoms with Crippen molar-refractivity contribution in [3.05, 3.63) is 112 Å². The summed E-state index contributed by atoms with van der Waals surface area (Å²) in [6.07, 6.45) is 0. The number of aromatic nitrogens is 1. The Morgan fingerprint density at radius 1 is 0.625 bits per heavy atom. The highest BCUT2D eigenvalue weighted by Gasteiger charge is 2.15. The second kappa shape index (κ2) is 9.01. The Kier molecular flexibility index (Phi) is 5.98. The van der Waals surface area contributed by atoms with Crippen LogP contribution >= 0.6 is 15.9 Å². The number of nitriles is 2. The number of rotatable bonds is 1. The van der Waals surface area contributed by atoms with Crippen LogP contribution in [0.15, 0.2) is 89.4 Å². The van der Waals surface area contributed by atoms with E-state index in [1.807, 2.05) is 59.2 Å². The molecule has 0 N–H and O–H groups in total. The van der Waals surface area contributed by atoms with E-state index < -0.39 is 11.6 Å². The van der Waals surface area contributed by atoms with Crippen LogP contribution < -0.4 is 0 Å². The molecule has 0 radical (unpaired) electrons. The third kappa shape index (κ3) is 3.73. The Morgan fingerprint density at radius 3 is 1.66 bits per heavy atom. The number of halogens is 3. The maximum Gasteiger partial charge on any atom is 0.164 e. The number of nitrogens with zero attached hydrogens (tertiary/aromatic N) is 3. The molecule has 1 aromatic heterocycles. The van der Waals surface area contributed by atoms with Crippen molar-refractivity contribution >= 4 is 37.7 Å². The summed E-state index contributed by atoms with van der Waals surface area (Å²) in [6, 6.07) is 28.9. The Bertz CT molecular complexity index is 1490. The van der Waals surface area contributed by atoms with Gasteiger partial charge in [-0.15, -0.1) is 0 Å². The lowest BCUT2D eigenvalue weighted by Gasteiger charge is -2.09. The number of para-hydroxylation sites is 2. The van der Waals surface area contributed by atoms with Crippen molar-refractivity contribution in [2.75, 3.05) is 0 Å². The zero-order valence-electron chi connectivity index (χ0n) is 16.6. The summed E-state index contributed by atoms with van der Waals surface area (Å²) >= 11 is 2.96. The Morgan fingerprint density at radius 2 is 1.12 bits per heavy atom. The average Bonchev–Trinajstić information content (AvgIpc) is 3.16. The number of hydrogen-bond acceptors (Lipinski definition) is 2. The summed E-state index contributed by atoms with van der Waals surface area (Å²) in [5.74, 6) is -0.985. The quantitative estimate of drug-likeness (QED) is 0.251. The summed E-state index contributed by atoms with van der Waals surface area (Å²) in [5, 5.41) is 19.5. The van der Waals surface area contributed by atoms with Gasteiger partial charge in [0.2, 0.25) is 0 Å². The smallest absolute Gasteiger partial charge is 0.164 e. The molecule has 0 saturated carbocycles. The molecule has 0 saturated heterocycles. The van der Waals surface area contributed by atoms with Gasteiger partial charge in [-0.2, -0.15) is 10.5 Å². The molecule has 0 aliphatic rings. The third-order valence-corrected chi connectivity index (χ3v) is 5.60. The van der Waals surface area contributed by atoms with Gasteiger partial charge in [0.25, 0.3) is 0 Å². The fourth-order valence-electron chi connectivity index (χ4n) is 3.55. The maximum atomic E-state index is 14.6. The van der Waals surface area contributed by atoms with Crippen LogP contribution in [-0.4, -0.2) is 4.57 Å². The van der Waals surface area contributed by atoms with Gasteiger partial charge < -0.3 is 4.57 Å². The van der Waals surface area contributed by atoms with Gasteiger partial charge >= 0.3 is 0 Å². The monoisotopic (exact) mass is 485 g/mol. The van der Waals surface area contributed by atoms with Crippen LogP contribution in [0.2, 0.25) is 0 Å². The lowest BCUT2D eigenvalue weighted by Crippen LogP contribution is -1.99.